The Balaban J connectivity index is 1.33. The summed E-state index contributed by atoms with van der Waals surface area (Å²) < 4.78 is 26.8. The number of piperidine rings is 1. The van der Waals surface area contributed by atoms with Gasteiger partial charge in [-0.15, -0.1) is 10.2 Å². The largest absolute Gasteiger partial charge is 0.347 e. The first-order valence-electron chi connectivity index (χ1n) is 7.71. The highest BCUT2D eigenvalue weighted by molar-refractivity contribution is 7.90. The van der Waals surface area contributed by atoms with E-state index in [4.69, 9.17) is 0 Å². The van der Waals surface area contributed by atoms with Crippen molar-refractivity contribution in [2.75, 3.05) is 18.0 Å². The normalized spacial score (nSPS) is 24.5. The monoisotopic (exact) mass is 328 g/mol. The Morgan fingerprint density at radius 2 is 1.76 bits per heavy atom. The first kappa shape index (κ1) is 13.9. The van der Waals surface area contributed by atoms with Crippen LogP contribution in [0.2, 0.25) is 0 Å². The highest BCUT2D eigenvalue weighted by atomic mass is 32.2. The van der Waals surface area contributed by atoms with Crippen LogP contribution in [0.5, 0.6) is 0 Å². The van der Waals surface area contributed by atoms with E-state index in [1.165, 1.54) is 17.8 Å². The minimum atomic E-state index is -3.06. The van der Waals surface area contributed by atoms with Crippen molar-refractivity contribution in [3.8, 4) is 0 Å². The average Bonchev–Trinajstić information content (AvgIpc) is 3.37. The quantitative estimate of drug-likeness (QED) is 0.886. The van der Waals surface area contributed by atoms with E-state index in [1.54, 1.807) is 11.3 Å². The van der Waals surface area contributed by atoms with Crippen LogP contribution in [0.1, 0.15) is 49.5 Å². The van der Waals surface area contributed by atoms with Crippen LogP contribution in [0.4, 0.5) is 5.13 Å². The molecule has 1 aliphatic heterocycles. The third kappa shape index (κ3) is 3.07. The topological polar surface area (TPSA) is 75.2 Å². The molecule has 0 unspecified atom stereocenters. The van der Waals surface area contributed by atoms with Gasteiger partial charge in [-0.3, -0.25) is 0 Å². The van der Waals surface area contributed by atoms with Gasteiger partial charge in [0.05, 0.1) is 5.25 Å². The van der Waals surface area contributed by atoms with Crippen molar-refractivity contribution >= 4 is 26.5 Å². The molecule has 116 valence electrons. The first-order chi connectivity index (χ1) is 10.1. The third-order valence-corrected chi connectivity index (χ3v) is 7.57. The van der Waals surface area contributed by atoms with E-state index < -0.39 is 10.0 Å². The highest BCUT2D eigenvalue weighted by Crippen LogP contribution is 2.42. The summed E-state index contributed by atoms with van der Waals surface area (Å²) in [5.41, 5.74) is 0. The van der Waals surface area contributed by atoms with Gasteiger partial charge in [0.2, 0.25) is 15.2 Å². The molecule has 3 fully saturated rings. The summed E-state index contributed by atoms with van der Waals surface area (Å²) in [6, 6.07) is 0.0858. The maximum absolute atomic E-state index is 12.0. The van der Waals surface area contributed by atoms with Crippen molar-refractivity contribution in [1.29, 1.82) is 0 Å². The van der Waals surface area contributed by atoms with E-state index in [0.717, 1.165) is 43.9 Å². The van der Waals surface area contributed by atoms with Crippen LogP contribution in [0.15, 0.2) is 0 Å². The highest BCUT2D eigenvalue weighted by Gasteiger charge is 2.37. The standard InChI is InChI=1S/C13H20N4O2S2/c18-21(19,11-3-4-11)16-10-5-7-17(8-6-10)13-15-14-12(20-13)9-1-2-9/h9-11,16H,1-8H2. The van der Waals surface area contributed by atoms with Gasteiger partial charge in [-0.05, 0) is 38.5 Å². The molecule has 3 aliphatic rings. The molecule has 1 saturated heterocycles. The van der Waals surface area contributed by atoms with E-state index in [0.29, 0.717) is 5.92 Å². The first-order valence-corrected chi connectivity index (χ1v) is 10.1. The molecule has 2 saturated carbocycles. The Hall–Kier alpha value is -0.730. The molecule has 2 aliphatic carbocycles. The number of sulfonamides is 1. The van der Waals surface area contributed by atoms with Crippen LogP contribution in [0, 0.1) is 0 Å². The van der Waals surface area contributed by atoms with Crippen molar-refractivity contribution < 1.29 is 8.42 Å². The molecule has 0 aromatic carbocycles. The second-order valence-electron chi connectivity index (χ2n) is 6.32. The van der Waals surface area contributed by atoms with Crippen molar-refractivity contribution in [2.45, 2.75) is 55.7 Å². The second-order valence-corrected chi connectivity index (χ2v) is 9.30. The van der Waals surface area contributed by atoms with E-state index in [9.17, 15) is 8.42 Å². The lowest BCUT2D eigenvalue weighted by Crippen LogP contribution is -2.45. The fourth-order valence-corrected chi connectivity index (χ4v) is 5.46. The number of hydrogen-bond acceptors (Lipinski definition) is 6. The average molecular weight is 328 g/mol. The number of nitrogens with one attached hydrogen (secondary N) is 1. The minimum absolute atomic E-state index is 0.0858. The summed E-state index contributed by atoms with van der Waals surface area (Å²) >= 11 is 1.70. The third-order valence-electron chi connectivity index (χ3n) is 4.42. The van der Waals surface area contributed by atoms with Crippen LogP contribution in [0.3, 0.4) is 0 Å². The molecule has 1 N–H and O–H groups in total. The molecule has 0 atom stereocenters. The summed E-state index contributed by atoms with van der Waals surface area (Å²) in [4.78, 5) is 2.24. The van der Waals surface area contributed by atoms with Gasteiger partial charge < -0.3 is 4.90 Å². The smallest absolute Gasteiger partial charge is 0.214 e. The fraction of sp³-hybridized carbons (Fsp3) is 0.846. The van der Waals surface area contributed by atoms with Crippen molar-refractivity contribution in [2.24, 2.45) is 0 Å². The predicted octanol–water partition coefficient (Wildman–Crippen LogP) is 1.47. The molecule has 1 aromatic heterocycles. The number of nitrogens with zero attached hydrogens (tertiary/aromatic N) is 3. The lowest BCUT2D eigenvalue weighted by atomic mass is 10.1. The molecule has 4 rings (SSSR count). The molecule has 1 aromatic rings. The van der Waals surface area contributed by atoms with Crippen molar-refractivity contribution in [1.82, 2.24) is 14.9 Å². The molecule has 0 spiro atoms. The number of anilines is 1. The van der Waals surface area contributed by atoms with Crippen molar-refractivity contribution in [3.05, 3.63) is 5.01 Å². The van der Waals surface area contributed by atoms with Crippen LogP contribution in [0.25, 0.3) is 0 Å². The Labute approximate surface area is 129 Å². The Bertz CT molecular complexity index is 614. The zero-order chi connectivity index (χ0) is 14.4. The van der Waals surface area contributed by atoms with Gasteiger partial charge >= 0.3 is 0 Å². The van der Waals surface area contributed by atoms with Gasteiger partial charge in [0, 0.05) is 25.0 Å². The lowest BCUT2D eigenvalue weighted by Gasteiger charge is -2.31. The molecular weight excluding hydrogens is 308 g/mol. The zero-order valence-electron chi connectivity index (χ0n) is 11.9. The molecule has 2 heterocycles. The summed E-state index contributed by atoms with van der Waals surface area (Å²) in [6.07, 6.45) is 5.85. The molecule has 0 radical (unpaired) electrons. The number of aromatic nitrogens is 2. The van der Waals surface area contributed by atoms with Gasteiger partial charge in [0.1, 0.15) is 5.01 Å². The molecule has 8 heteroatoms. The summed E-state index contributed by atoms with van der Waals surface area (Å²) in [7, 11) is -3.06. The molecule has 6 nitrogen and oxygen atoms in total. The van der Waals surface area contributed by atoms with Gasteiger partial charge in [-0.2, -0.15) is 0 Å². The molecule has 0 bridgehead atoms. The molecule has 21 heavy (non-hydrogen) atoms. The maximum Gasteiger partial charge on any atom is 0.214 e. The van der Waals surface area contributed by atoms with Gasteiger partial charge in [-0.1, -0.05) is 11.3 Å². The van der Waals surface area contributed by atoms with E-state index >= 15 is 0 Å². The van der Waals surface area contributed by atoms with Gasteiger partial charge in [0.25, 0.3) is 0 Å². The second kappa shape index (κ2) is 5.17. The van der Waals surface area contributed by atoms with E-state index in [2.05, 4.69) is 19.8 Å². The lowest BCUT2D eigenvalue weighted by molar-refractivity contribution is 0.459. The zero-order valence-corrected chi connectivity index (χ0v) is 13.5. The molecular formula is C13H20N4O2S2. The summed E-state index contributed by atoms with van der Waals surface area (Å²) in [5, 5.41) is 10.6. The van der Waals surface area contributed by atoms with Gasteiger partial charge in [0.15, 0.2) is 0 Å². The SMILES string of the molecule is O=S(=O)(NC1CCN(c2nnc(C3CC3)s2)CC1)C1CC1. The Morgan fingerprint density at radius 3 is 2.38 bits per heavy atom. The minimum Gasteiger partial charge on any atom is -0.347 e. The molecule has 0 amide bonds. The summed E-state index contributed by atoms with van der Waals surface area (Å²) in [6.45, 7) is 1.72. The number of rotatable bonds is 5. The fourth-order valence-electron chi connectivity index (χ4n) is 2.74. The van der Waals surface area contributed by atoms with E-state index in [-0.39, 0.29) is 11.3 Å². The maximum atomic E-state index is 12.0. The Kier molecular flexibility index (Phi) is 3.42. The summed E-state index contributed by atoms with van der Waals surface area (Å²) in [5.74, 6) is 0.652. The van der Waals surface area contributed by atoms with Gasteiger partial charge in [-0.25, -0.2) is 13.1 Å². The van der Waals surface area contributed by atoms with Crippen LogP contribution in [-0.2, 0) is 10.0 Å². The van der Waals surface area contributed by atoms with E-state index in [1.807, 2.05) is 0 Å². The van der Waals surface area contributed by atoms with Crippen LogP contribution < -0.4 is 9.62 Å². The van der Waals surface area contributed by atoms with Crippen LogP contribution >= 0.6 is 11.3 Å². The van der Waals surface area contributed by atoms with Crippen molar-refractivity contribution in [3.63, 3.8) is 0 Å². The predicted molar refractivity (Wildman–Crippen MR) is 82.2 cm³/mol. The Morgan fingerprint density at radius 1 is 1.05 bits per heavy atom. The number of hydrogen-bond donors (Lipinski definition) is 1. The van der Waals surface area contributed by atoms with Crippen LogP contribution in [-0.4, -0.2) is 43.0 Å².